The van der Waals surface area contributed by atoms with Gasteiger partial charge in [-0.1, -0.05) is 17.9 Å². The molecule has 3 nitrogen and oxygen atoms in total. The van der Waals surface area contributed by atoms with E-state index in [9.17, 15) is 9.59 Å². The molecule has 0 spiro atoms. The van der Waals surface area contributed by atoms with Gasteiger partial charge < -0.3 is 4.74 Å². The number of carbonyl (C=O) groups excluding carboxylic acids is 2. The number of ether oxygens (including phenoxy) is 1. The fourth-order valence-corrected chi connectivity index (χ4v) is 7.03. The van der Waals surface area contributed by atoms with Crippen LogP contribution in [-0.2, 0) is 14.3 Å². The van der Waals surface area contributed by atoms with E-state index < -0.39 is 0 Å². The Bertz CT molecular complexity index is 669. The van der Waals surface area contributed by atoms with Gasteiger partial charge in [-0.2, -0.15) is 0 Å². The second-order valence-electron chi connectivity index (χ2n) is 9.07. The van der Waals surface area contributed by atoms with E-state index in [0.717, 1.165) is 37.5 Å². The Morgan fingerprint density at radius 3 is 2.88 bits per heavy atom. The molecule has 2 unspecified atom stereocenters. The van der Waals surface area contributed by atoms with Crippen molar-refractivity contribution < 1.29 is 14.3 Å². The number of carbonyl (C=O) groups is 2. The molecule has 0 bridgehead atoms. The predicted molar refractivity (Wildman–Crippen MR) is 100 cm³/mol. The quantitative estimate of drug-likeness (QED) is 0.555. The van der Waals surface area contributed by atoms with Gasteiger partial charge in [0.25, 0.3) is 0 Å². The molecular weight excluding hydrogens is 324 g/mol. The summed E-state index contributed by atoms with van der Waals surface area (Å²) < 4.78 is 5.42. The average Bonchev–Trinajstić information content (AvgIpc) is 3.04. The Kier molecular flexibility index (Phi) is 4.71. The van der Waals surface area contributed by atoms with Gasteiger partial charge in [-0.3, -0.25) is 9.59 Å². The van der Waals surface area contributed by atoms with Crippen LogP contribution in [0.25, 0.3) is 0 Å². The lowest BCUT2D eigenvalue weighted by atomic mass is 9.51. The minimum atomic E-state index is -0.379. The molecule has 0 aromatic heterocycles. The number of ketones is 1. The third kappa shape index (κ3) is 3.02. The fraction of sp³-hybridized carbons (Fsp3) is 0.739. The highest BCUT2D eigenvalue weighted by atomic mass is 16.5. The second kappa shape index (κ2) is 6.87. The molecule has 4 aliphatic carbocycles. The SMILES string of the molecule is C#CC(CC12CCC[C@H]1[C@@H]1CCC3=CC(=O)CC[C@@H]3[C@H]1CC2)OC(C)=O. The van der Waals surface area contributed by atoms with Crippen LogP contribution in [0.5, 0.6) is 0 Å². The fourth-order valence-electron chi connectivity index (χ4n) is 7.03. The molecular formula is C23H30O3. The van der Waals surface area contributed by atoms with E-state index in [1.807, 2.05) is 6.08 Å². The lowest BCUT2D eigenvalue weighted by molar-refractivity contribution is -0.146. The van der Waals surface area contributed by atoms with Gasteiger partial charge in [-0.05, 0) is 80.1 Å². The summed E-state index contributed by atoms with van der Waals surface area (Å²) in [5.41, 5.74) is 1.70. The summed E-state index contributed by atoms with van der Waals surface area (Å²) >= 11 is 0. The predicted octanol–water partition coefficient (Wildman–Crippen LogP) is 4.45. The summed E-state index contributed by atoms with van der Waals surface area (Å²) in [7, 11) is 0. The van der Waals surface area contributed by atoms with Crippen molar-refractivity contribution in [2.45, 2.75) is 77.2 Å². The Morgan fingerprint density at radius 1 is 1.27 bits per heavy atom. The van der Waals surface area contributed by atoms with Crippen molar-refractivity contribution in [3.63, 3.8) is 0 Å². The largest absolute Gasteiger partial charge is 0.449 e. The molecule has 0 aromatic carbocycles. The first-order valence-electron chi connectivity index (χ1n) is 10.4. The first-order valence-corrected chi connectivity index (χ1v) is 10.4. The number of rotatable bonds is 3. The molecule has 4 aliphatic rings. The van der Waals surface area contributed by atoms with Crippen molar-refractivity contribution in [1.82, 2.24) is 0 Å². The summed E-state index contributed by atoms with van der Waals surface area (Å²) in [4.78, 5) is 23.2. The van der Waals surface area contributed by atoms with Gasteiger partial charge in [0.15, 0.2) is 11.9 Å². The minimum Gasteiger partial charge on any atom is -0.449 e. The van der Waals surface area contributed by atoms with E-state index in [1.165, 1.54) is 51.0 Å². The molecule has 0 aromatic rings. The van der Waals surface area contributed by atoms with Gasteiger partial charge in [0.05, 0.1) is 0 Å². The molecule has 0 heterocycles. The van der Waals surface area contributed by atoms with Crippen molar-refractivity contribution in [1.29, 1.82) is 0 Å². The number of allylic oxidation sites excluding steroid dienone is 1. The van der Waals surface area contributed by atoms with Crippen LogP contribution in [0.1, 0.15) is 71.1 Å². The van der Waals surface area contributed by atoms with Crippen molar-refractivity contribution in [2.75, 3.05) is 0 Å². The Labute approximate surface area is 156 Å². The van der Waals surface area contributed by atoms with Gasteiger partial charge in [-0.15, -0.1) is 6.42 Å². The van der Waals surface area contributed by atoms with Crippen LogP contribution in [0, 0.1) is 41.4 Å². The van der Waals surface area contributed by atoms with Gasteiger partial charge >= 0.3 is 5.97 Å². The summed E-state index contributed by atoms with van der Waals surface area (Å²) in [5.74, 6) is 5.65. The van der Waals surface area contributed by atoms with Gasteiger partial charge in [-0.25, -0.2) is 0 Å². The lowest BCUT2D eigenvalue weighted by Gasteiger charge is -2.54. The molecule has 0 saturated heterocycles. The van der Waals surface area contributed by atoms with Gasteiger partial charge in [0.2, 0.25) is 0 Å². The number of terminal acetylenes is 1. The van der Waals surface area contributed by atoms with Crippen LogP contribution in [0.4, 0.5) is 0 Å². The van der Waals surface area contributed by atoms with Crippen molar-refractivity contribution in [3.05, 3.63) is 11.6 Å². The smallest absolute Gasteiger partial charge is 0.303 e. The van der Waals surface area contributed by atoms with E-state index >= 15 is 0 Å². The lowest BCUT2D eigenvalue weighted by Crippen LogP contribution is -2.47. The highest BCUT2D eigenvalue weighted by Crippen LogP contribution is 2.63. The Morgan fingerprint density at radius 2 is 2.12 bits per heavy atom. The second-order valence-corrected chi connectivity index (χ2v) is 9.07. The molecule has 0 aliphatic heterocycles. The zero-order valence-electron chi connectivity index (χ0n) is 15.8. The number of hydrogen-bond donors (Lipinski definition) is 0. The first kappa shape index (κ1) is 17.8. The van der Waals surface area contributed by atoms with Crippen LogP contribution < -0.4 is 0 Å². The van der Waals surface area contributed by atoms with Crippen LogP contribution in [0.2, 0.25) is 0 Å². The third-order valence-corrected chi connectivity index (χ3v) is 7.91. The van der Waals surface area contributed by atoms with Crippen LogP contribution in [0.15, 0.2) is 11.6 Å². The molecule has 140 valence electrons. The monoisotopic (exact) mass is 354 g/mol. The van der Waals surface area contributed by atoms with E-state index in [-0.39, 0.29) is 17.5 Å². The van der Waals surface area contributed by atoms with Crippen molar-refractivity contribution >= 4 is 11.8 Å². The molecule has 0 radical (unpaired) electrons. The van der Waals surface area contributed by atoms with Crippen LogP contribution >= 0.6 is 0 Å². The highest BCUT2D eigenvalue weighted by molar-refractivity contribution is 5.91. The summed E-state index contributed by atoms with van der Waals surface area (Å²) in [6.45, 7) is 1.45. The summed E-state index contributed by atoms with van der Waals surface area (Å²) in [6.07, 6.45) is 18.5. The highest BCUT2D eigenvalue weighted by Gasteiger charge is 2.55. The number of esters is 1. The topological polar surface area (TPSA) is 43.4 Å². The molecule has 0 amide bonds. The zero-order valence-corrected chi connectivity index (χ0v) is 15.8. The standard InChI is InChI=1S/C23H30O3/c1-3-18(26-15(2)24)14-23-11-4-5-22(23)21-8-6-16-13-17(25)7-9-19(16)20(21)10-12-23/h1,13,18-22H,4-12,14H2,2H3/t18?,19-,20+,21+,22-,23?/m0/s1. The van der Waals surface area contributed by atoms with E-state index in [1.54, 1.807) is 0 Å². The Hall–Kier alpha value is -1.56. The molecule has 26 heavy (non-hydrogen) atoms. The van der Waals surface area contributed by atoms with E-state index in [4.69, 9.17) is 11.2 Å². The van der Waals surface area contributed by atoms with Crippen molar-refractivity contribution in [2.24, 2.45) is 29.1 Å². The maximum atomic E-state index is 11.8. The molecule has 3 fully saturated rings. The molecule has 0 N–H and O–H groups in total. The third-order valence-electron chi connectivity index (χ3n) is 7.91. The normalized spacial score (nSPS) is 39.7. The van der Waals surface area contributed by atoms with E-state index in [0.29, 0.717) is 17.6 Å². The molecule has 3 saturated carbocycles. The number of fused-ring (bicyclic) bond motifs is 5. The molecule has 4 rings (SSSR count). The zero-order chi connectivity index (χ0) is 18.3. The average molecular weight is 354 g/mol. The molecule has 3 heteroatoms. The van der Waals surface area contributed by atoms with Gasteiger partial charge in [0.1, 0.15) is 0 Å². The summed E-state index contributed by atoms with van der Waals surface area (Å²) in [6, 6.07) is 0. The maximum Gasteiger partial charge on any atom is 0.303 e. The molecule has 6 atom stereocenters. The van der Waals surface area contributed by atoms with Crippen LogP contribution in [-0.4, -0.2) is 17.9 Å². The minimum absolute atomic E-state index is 0.263. The first-order chi connectivity index (χ1) is 12.5. The maximum absolute atomic E-state index is 11.8. The van der Waals surface area contributed by atoms with E-state index in [2.05, 4.69) is 5.92 Å². The number of hydrogen-bond acceptors (Lipinski definition) is 3. The van der Waals surface area contributed by atoms with Crippen molar-refractivity contribution in [3.8, 4) is 12.3 Å². The summed E-state index contributed by atoms with van der Waals surface area (Å²) in [5, 5.41) is 0. The van der Waals surface area contributed by atoms with Gasteiger partial charge in [0, 0.05) is 19.8 Å². The van der Waals surface area contributed by atoms with Crippen LogP contribution in [0.3, 0.4) is 0 Å². The Balaban J connectivity index is 1.55.